The number of hydrogen-bond donors (Lipinski definition) is 1. The van der Waals surface area contributed by atoms with Crippen molar-refractivity contribution in [1.82, 2.24) is 5.43 Å². The molecule has 200 valence electrons. The van der Waals surface area contributed by atoms with E-state index in [1.807, 2.05) is 0 Å². The molecule has 1 N–H and O–H groups in total. The maximum absolute atomic E-state index is 13.5. The number of nitrogens with zero attached hydrogens (tertiary/aromatic N) is 3. The Morgan fingerprint density at radius 3 is 2.41 bits per heavy atom. The molecular weight excluding hydrogens is 524 g/mol. The Morgan fingerprint density at radius 1 is 1.03 bits per heavy atom. The Bertz CT molecular complexity index is 1580. The van der Waals surface area contributed by atoms with E-state index in [1.54, 1.807) is 73.7 Å². The second-order valence-corrected chi connectivity index (χ2v) is 9.89. The summed E-state index contributed by atoms with van der Waals surface area (Å²) in [4.78, 5) is 23.2. The van der Waals surface area contributed by atoms with E-state index < -0.39 is 27.4 Å². The van der Waals surface area contributed by atoms with Gasteiger partial charge in [0.1, 0.15) is 23.8 Å². The second-order valence-electron chi connectivity index (χ2n) is 8.02. The predicted molar refractivity (Wildman–Crippen MR) is 145 cm³/mol. The van der Waals surface area contributed by atoms with Crippen LogP contribution in [0.1, 0.15) is 12.7 Å². The number of nitro benzene ring substituents is 1. The lowest BCUT2D eigenvalue weighted by atomic mass is 10.1. The van der Waals surface area contributed by atoms with Crippen molar-refractivity contribution in [2.75, 3.05) is 17.5 Å². The van der Waals surface area contributed by atoms with E-state index in [9.17, 15) is 23.3 Å². The molecule has 0 saturated carbocycles. The van der Waals surface area contributed by atoms with E-state index >= 15 is 0 Å². The lowest BCUT2D eigenvalue weighted by molar-refractivity contribution is -0.384. The van der Waals surface area contributed by atoms with Gasteiger partial charge in [-0.3, -0.25) is 19.2 Å². The second kappa shape index (κ2) is 12.0. The topological polar surface area (TPSA) is 144 Å². The molecular formula is C27H24N4O7S. The molecule has 1 aromatic heterocycles. The number of nitrogens with one attached hydrogen (secondary N) is 1. The minimum absolute atomic E-state index is 0.0157. The molecule has 1 heterocycles. The zero-order chi connectivity index (χ0) is 27.8. The van der Waals surface area contributed by atoms with Crippen LogP contribution in [0.4, 0.5) is 11.4 Å². The molecule has 39 heavy (non-hydrogen) atoms. The minimum Gasteiger partial charge on any atom is -0.492 e. The summed E-state index contributed by atoms with van der Waals surface area (Å²) in [6.07, 6.45) is 1.26. The molecule has 12 heteroatoms. The summed E-state index contributed by atoms with van der Waals surface area (Å²) in [7, 11) is -4.12. The number of benzene rings is 3. The lowest BCUT2D eigenvalue weighted by Crippen LogP contribution is -2.39. The van der Waals surface area contributed by atoms with Gasteiger partial charge in [0, 0.05) is 17.7 Å². The van der Waals surface area contributed by atoms with Crippen molar-refractivity contribution in [2.45, 2.75) is 11.8 Å². The number of furan rings is 1. The van der Waals surface area contributed by atoms with Crippen molar-refractivity contribution < 1.29 is 27.3 Å². The molecule has 0 spiro atoms. The number of carbonyl (C=O) groups excluding carboxylic acids is 1. The van der Waals surface area contributed by atoms with E-state index in [0.717, 1.165) is 4.31 Å². The van der Waals surface area contributed by atoms with Gasteiger partial charge in [0.05, 0.1) is 28.3 Å². The van der Waals surface area contributed by atoms with Crippen LogP contribution in [-0.2, 0) is 14.8 Å². The summed E-state index contributed by atoms with van der Waals surface area (Å²) in [5.41, 5.74) is 3.12. The number of nitro groups is 1. The van der Waals surface area contributed by atoms with Gasteiger partial charge in [0.15, 0.2) is 0 Å². The summed E-state index contributed by atoms with van der Waals surface area (Å²) in [5.74, 6) is 0.369. The zero-order valence-corrected chi connectivity index (χ0v) is 21.6. The first-order chi connectivity index (χ1) is 18.8. The molecule has 3 aromatic carbocycles. The van der Waals surface area contributed by atoms with Gasteiger partial charge in [-0.15, -0.1) is 0 Å². The normalized spacial score (nSPS) is 11.3. The van der Waals surface area contributed by atoms with Crippen LogP contribution in [0.15, 0.2) is 105 Å². The number of para-hydroxylation sites is 2. The minimum atomic E-state index is -4.12. The standard InChI is InChI=1S/C27H24N4O7S/c1-2-37-26-11-7-6-10-24(26)30(39(35,36)23-8-4-3-5-9-23)19-27(32)29-28-18-22-16-17-25(38-22)20-12-14-21(15-13-20)31(33)34/h3-18H,2,19H2,1H3,(H,29,32)/b28-18+. The fourth-order valence-electron chi connectivity index (χ4n) is 3.62. The smallest absolute Gasteiger partial charge is 0.269 e. The van der Waals surface area contributed by atoms with E-state index in [-0.39, 0.29) is 16.3 Å². The maximum atomic E-state index is 13.5. The van der Waals surface area contributed by atoms with Gasteiger partial charge >= 0.3 is 0 Å². The van der Waals surface area contributed by atoms with Gasteiger partial charge in [0.25, 0.3) is 21.6 Å². The first-order valence-corrected chi connectivity index (χ1v) is 13.2. The number of non-ortho nitro benzene ring substituents is 1. The average molecular weight is 549 g/mol. The number of amides is 1. The molecule has 0 bridgehead atoms. The third-order valence-corrected chi connectivity index (χ3v) is 7.20. The third-order valence-electron chi connectivity index (χ3n) is 5.42. The van der Waals surface area contributed by atoms with Gasteiger partial charge in [-0.1, -0.05) is 30.3 Å². The summed E-state index contributed by atoms with van der Waals surface area (Å²) in [5, 5.41) is 14.7. The highest BCUT2D eigenvalue weighted by molar-refractivity contribution is 7.92. The molecule has 0 radical (unpaired) electrons. The Balaban J connectivity index is 1.51. The van der Waals surface area contributed by atoms with Crippen molar-refractivity contribution in [1.29, 1.82) is 0 Å². The number of hydrazone groups is 1. The summed E-state index contributed by atoms with van der Waals surface area (Å²) in [6, 6.07) is 23.4. The van der Waals surface area contributed by atoms with Gasteiger partial charge < -0.3 is 9.15 Å². The summed E-state index contributed by atoms with van der Waals surface area (Å²) in [6.45, 7) is 1.51. The van der Waals surface area contributed by atoms with E-state index in [1.165, 1.54) is 30.5 Å². The summed E-state index contributed by atoms with van der Waals surface area (Å²) < 4.78 is 39.3. The van der Waals surface area contributed by atoms with Crippen LogP contribution in [-0.4, -0.2) is 38.6 Å². The van der Waals surface area contributed by atoms with Crippen molar-refractivity contribution in [3.63, 3.8) is 0 Å². The maximum Gasteiger partial charge on any atom is 0.269 e. The van der Waals surface area contributed by atoms with Crippen molar-refractivity contribution in [3.05, 3.63) is 107 Å². The fraction of sp³-hybridized carbons (Fsp3) is 0.111. The van der Waals surface area contributed by atoms with Crippen LogP contribution in [0.5, 0.6) is 5.75 Å². The Hall–Kier alpha value is -4.97. The van der Waals surface area contributed by atoms with Crippen LogP contribution in [0, 0.1) is 10.1 Å². The number of hydrogen-bond acceptors (Lipinski definition) is 8. The van der Waals surface area contributed by atoms with Crippen LogP contribution < -0.4 is 14.5 Å². The molecule has 4 aromatic rings. The fourth-order valence-corrected chi connectivity index (χ4v) is 5.07. The highest BCUT2D eigenvalue weighted by Crippen LogP contribution is 2.32. The van der Waals surface area contributed by atoms with Crippen LogP contribution in [0.25, 0.3) is 11.3 Å². The molecule has 0 saturated heterocycles. The van der Waals surface area contributed by atoms with Crippen molar-refractivity contribution in [2.24, 2.45) is 5.10 Å². The van der Waals surface area contributed by atoms with Crippen LogP contribution in [0.3, 0.4) is 0 Å². The van der Waals surface area contributed by atoms with Crippen molar-refractivity contribution in [3.8, 4) is 17.1 Å². The largest absolute Gasteiger partial charge is 0.492 e. The molecule has 1 amide bonds. The molecule has 0 unspecified atom stereocenters. The van der Waals surface area contributed by atoms with Crippen molar-refractivity contribution >= 4 is 33.5 Å². The van der Waals surface area contributed by atoms with Gasteiger partial charge in [-0.25, -0.2) is 13.8 Å². The first kappa shape index (κ1) is 27.1. The highest BCUT2D eigenvalue weighted by Gasteiger charge is 2.29. The Kier molecular flexibility index (Phi) is 8.37. The van der Waals surface area contributed by atoms with Gasteiger partial charge in [-0.2, -0.15) is 5.10 Å². The molecule has 11 nitrogen and oxygen atoms in total. The number of ether oxygens (including phenoxy) is 1. The number of anilines is 1. The molecule has 0 aliphatic carbocycles. The van der Waals surface area contributed by atoms with Crippen LogP contribution in [0.2, 0.25) is 0 Å². The number of sulfonamides is 1. The number of carbonyl (C=O) groups is 1. The molecule has 0 atom stereocenters. The van der Waals surface area contributed by atoms with Gasteiger partial charge in [0.2, 0.25) is 0 Å². The molecule has 0 aliphatic rings. The average Bonchev–Trinajstić information content (AvgIpc) is 3.42. The molecule has 0 aliphatic heterocycles. The quantitative estimate of drug-likeness (QED) is 0.164. The third kappa shape index (κ3) is 6.48. The zero-order valence-electron chi connectivity index (χ0n) is 20.8. The molecule has 0 fully saturated rings. The number of rotatable bonds is 11. The van der Waals surface area contributed by atoms with Crippen LogP contribution >= 0.6 is 0 Å². The monoisotopic (exact) mass is 548 g/mol. The lowest BCUT2D eigenvalue weighted by Gasteiger charge is -2.25. The predicted octanol–water partition coefficient (Wildman–Crippen LogP) is 4.60. The highest BCUT2D eigenvalue weighted by atomic mass is 32.2. The van der Waals surface area contributed by atoms with E-state index in [0.29, 0.717) is 29.4 Å². The van der Waals surface area contributed by atoms with E-state index in [2.05, 4.69) is 10.5 Å². The Labute approximate surface area is 224 Å². The SMILES string of the molecule is CCOc1ccccc1N(CC(=O)N/N=C/c1ccc(-c2ccc([N+](=O)[O-])cc2)o1)S(=O)(=O)c1ccccc1. The summed E-state index contributed by atoms with van der Waals surface area (Å²) >= 11 is 0. The van der Waals surface area contributed by atoms with E-state index in [4.69, 9.17) is 9.15 Å². The van der Waals surface area contributed by atoms with Gasteiger partial charge in [-0.05, 0) is 55.5 Å². The first-order valence-electron chi connectivity index (χ1n) is 11.8. The Morgan fingerprint density at radius 2 is 1.72 bits per heavy atom. The molecule has 4 rings (SSSR count).